The van der Waals surface area contributed by atoms with Gasteiger partial charge in [0.1, 0.15) is 6.33 Å². The normalized spacial score (nSPS) is 10.3. The van der Waals surface area contributed by atoms with Crippen molar-refractivity contribution in [3.05, 3.63) is 36.4 Å². The van der Waals surface area contributed by atoms with Crippen LogP contribution >= 0.6 is 0 Å². The summed E-state index contributed by atoms with van der Waals surface area (Å²) in [6, 6.07) is 3.95. The first-order valence-corrected chi connectivity index (χ1v) is 6.51. The molecule has 1 aromatic heterocycles. The lowest BCUT2D eigenvalue weighted by molar-refractivity contribution is 0.354. The van der Waals surface area contributed by atoms with Gasteiger partial charge in [0.05, 0.1) is 14.2 Å². The number of nitrogens with one attached hydrogen (secondary N) is 1. The Kier molecular flexibility index (Phi) is 4.90. The third-order valence-electron chi connectivity index (χ3n) is 3.05. The molecular formula is C15H19N3O2. The molecule has 0 atom stereocenters. The number of nitrogens with zero attached hydrogens (tertiary/aromatic N) is 2. The summed E-state index contributed by atoms with van der Waals surface area (Å²) >= 11 is 0. The predicted octanol–water partition coefficient (Wildman–Crippen LogP) is 2.27. The van der Waals surface area contributed by atoms with Crippen molar-refractivity contribution >= 4 is 0 Å². The molecule has 0 aliphatic heterocycles. The van der Waals surface area contributed by atoms with Gasteiger partial charge in [-0.3, -0.25) is 0 Å². The molecule has 2 rings (SSSR count). The van der Waals surface area contributed by atoms with Gasteiger partial charge < -0.3 is 14.8 Å². The van der Waals surface area contributed by atoms with Gasteiger partial charge in [0.2, 0.25) is 0 Å². The zero-order chi connectivity index (χ0) is 14.4. The van der Waals surface area contributed by atoms with E-state index in [0.717, 1.165) is 35.5 Å². The Hall–Kier alpha value is -2.14. The standard InChI is InChI=1S/C15H19N3O2/c1-4-16-7-11-5-14(19-2)15(20-3)6-13(11)12-8-17-10-18-9-12/h5-6,8-10,16H,4,7H2,1-3H3. The van der Waals surface area contributed by atoms with Crippen LogP contribution < -0.4 is 14.8 Å². The lowest BCUT2D eigenvalue weighted by Crippen LogP contribution is -2.13. The van der Waals surface area contributed by atoms with E-state index in [9.17, 15) is 0 Å². The van der Waals surface area contributed by atoms with Crippen LogP contribution in [-0.2, 0) is 6.54 Å². The number of hydrogen-bond acceptors (Lipinski definition) is 5. The molecule has 1 aromatic carbocycles. The number of aromatic nitrogens is 2. The van der Waals surface area contributed by atoms with Crippen molar-refractivity contribution in [2.75, 3.05) is 20.8 Å². The summed E-state index contributed by atoms with van der Waals surface area (Å²) in [5.74, 6) is 1.42. The van der Waals surface area contributed by atoms with Crippen molar-refractivity contribution in [1.29, 1.82) is 0 Å². The van der Waals surface area contributed by atoms with Gasteiger partial charge in [0, 0.05) is 24.5 Å². The summed E-state index contributed by atoms with van der Waals surface area (Å²) in [5, 5.41) is 3.33. The van der Waals surface area contributed by atoms with Gasteiger partial charge in [-0.05, 0) is 29.8 Å². The predicted molar refractivity (Wildman–Crippen MR) is 78.0 cm³/mol. The maximum atomic E-state index is 5.37. The first-order valence-electron chi connectivity index (χ1n) is 6.51. The van der Waals surface area contributed by atoms with Crippen LogP contribution in [0, 0.1) is 0 Å². The van der Waals surface area contributed by atoms with Crippen LogP contribution in [0.25, 0.3) is 11.1 Å². The molecule has 5 nitrogen and oxygen atoms in total. The second-order valence-corrected chi connectivity index (χ2v) is 4.27. The summed E-state index contributed by atoms with van der Waals surface area (Å²) in [4.78, 5) is 8.15. The van der Waals surface area contributed by atoms with Crippen molar-refractivity contribution in [3.63, 3.8) is 0 Å². The highest BCUT2D eigenvalue weighted by atomic mass is 16.5. The molecule has 20 heavy (non-hydrogen) atoms. The topological polar surface area (TPSA) is 56.3 Å². The van der Waals surface area contributed by atoms with E-state index in [0.29, 0.717) is 5.75 Å². The monoisotopic (exact) mass is 273 g/mol. The van der Waals surface area contributed by atoms with Crippen LogP contribution in [0.3, 0.4) is 0 Å². The van der Waals surface area contributed by atoms with Crippen LogP contribution in [0.2, 0.25) is 0 Å². The summed E-state index contributed by atoms with van der Waals surface area (Å²) in [6.45, 7) is 3.73. The molecule has 0 spiro atoms. The van der Waals surface area contributed by atoms with Crippen molar-refractivity contribution in [2.24, 2.45) is 0 Å². The first-order chi connectivity index (χ1) is 9.80. The zero-order valence-electron chi connectivity index (χ0n) is 12.0. The largest absolute Gasteiger partial charge is 0.493 e. The van der Waals surface area contributed by atoms with Crippen LogP contribution in [-0.4, -0.2) is 30.7 Å². The highest BCUT2D eigenvalue weighted by Crippen LogP contribution is 2.35. The van der Waals surface area contributed by atoms with Gasteiger partial charge >= 0.3 is 0 Å². The van der Waals surface area contributed by atoms with Gasteiger partial charge in [-0.2, -0.15) is 0 Å². The number of methoxy groups -OCH3 is 2. The molecule has 0 fully saturated rings. The second kappa shape index (κ2) is 6.86. The number of ether oxygens (including phenoxy) is 2. The Morgan fingerprint density at radius 1 is 1.05 bits per heavy atom. The van der Waals surface area contributed by atoms with Gasteiger partial charge in [-0.15, -0.1) is 0 Å². The van der Waals surface area contributed by atoms with Crippen LogP contribution in [0.5, 0.6) is 11.5 Å². The van der Waals surface area contributed by atoms with E-state index >= 15 is 0 Å². The third-order valence-corrected chi connectivity index (χ3v) is 3.05. The molecule has 2 aromatic rings. The number of hydrogen-bond donors (Lipinski definition) is 1. The van der Waals surface area contributed by atoms with E-state index in [1.165, 1.54) is 6.33 Å². The molecule has 106 valence electrons. The Labute approximate surface area is 119 Å². The van der Waals surface area contributed by atoms with Crippen molar-refractivity contribution < 1.29 is 9.47 Å². The maximum Gasteiger partial charge on any atom is 0.161 e. The van der Waals surface area contributed by atoms with E-state index in [4.69, 9.17) is 9.47 Å². The molecule has 0 saturated heterocycles. The SMILES string of the molecule is CCNCc1cc(OC)c(OC)cc1-c1cncnc1. The van der Waals surface area contributed by atoms with Crippen molar-refractivity contribution in [1.82, 2.24) is 15.3 Å². The maximum absolute atomic E-state index is 5.37. The molecule has 0 aliphatic rings. The van der Waals surface area contributed by atoms with Gasteiger partial charge in [0.25, 0.3) is 0 Å². The lowest BCUT2D eigenvalue weighted by atomic mass is 10.0. The fourth-order valence-electron chi connectivity index (χ4n) is 2.03. The summed E-state index contributed by atoms with van der Waals surface area (Å²) in [7, 11) is 3.27. The molecule has 0 amide bonds. The van der Waals surface area contributed by atoms with Crippen molar-refractivity contribution in [3.8, 4) is 22.6 Å². The minimum absolute atomic E-state index is 0.701. The Morgan fingerprint density at radius 3 is 2.30 bits per heavy atom. The number of rotatable bonds is 6. The Bertz CT molecular complexity index is 559. The van der Waals surface area contributed by atoms with Gasteiger partial charge in [0.15, 0.2) is 11.5 Å². The van der Waals surface area contributed by atoms with E-state index in [-0.39, 0.29) is 0 Å². The zero-order valence-corrected chi connectivity index (χ0v) is 12.0. The molecule has 1 N–H and O–H groups in total. The molecule has 1 heterocycles. The third kappa shape index (κ3) is 3.05. The molecule has 0 unspecified atom stereocenters. The minimum atomic E-state index is 0.701. The molecule has 0 bridgehead atoms. The van der Waals surface area contributed by atoms with Gasteiger partial charge in [-0.1, -0.05) is 6.92 Å². The highest BCUT2D eigenvalue weighted by molar-refractivity contribution is 5.70. The Morgan fingerprint density at radius 2 is 1.70 bits per heavy atom. The van der Waals surface area contributed by atoms with Crippen molar-refractivity contribution in [2.45, 2.75) is 13.5 Å². The first kappa shape index (κ1) is 14.3. The van der Waals surface area contributed by atoms with E-state index < -0.39 is 0 Å². The minimum Gasteiger partial charge on any atom is -0.493 e. The summed E-state index contributed by atoms with van der Waals surface area (Å²) in [5.41, 5.74) is 3.13. The smallest absolute Gasteiger partial charge is 0.161 e. The quantitative estimate of drug-likeness (QED) is 0.875. The molecule has 0 radical (unpaired) electrons. The lowest BCUT2D eigenvalue weighted by Gasteiger charge is -2.15. The molecule has 0 aliphatic carbocycles. The van der Waals surface area contributed by atoms with E-state index in [2.05, 4.69) is 22.2 Å². The van der Waals surface area contributed by atoms with Gasteiger partial charge in [-0.25, -0.2) is 9.97 Å². The average Bonchev–Trinajstić information content (AvgIpc) is 2.52. The fourth-order valence-corrected chi connectivity index (χ4v) is 2.03. The van der Waals surface area contributed by atoms with Crippen LogP contribution in [0.1, 0.15) is 12.5 Å². The molecule has 5 heteroatoms. The van der Waals surface area contributed by atoms with Crippen LogP contribution in [0.4, 0.5) is 0 Å². The highest BCUT2D eigenvalue weighted by Gasteiger charge is 2.12. The molecule has 0 saturated carbocycles. The summed E-state index contributed by atoms with van der Waals surface area (Å²) < 4.78 is 10.7. The molecular weight excluding hydrogens is 254 g/mol. The Balaban J connectivity index is 2.51. The number of benzene rings is 1. The van der Waals surface area contributed by atoms with Crippen LogP contribution in [0.15, 0.2) is 30.9 Å². The van der Waals surface area contributed by atoms with E-state index in [1.807, 2.05) is 12.1 Å². The summed E-state index contributed by atoms with van der Waals surface area (Å²) in [6.07, 6.45) is 5.11. The fraction of sp³-hybridized carbons (Fsp3) is 0.333. The van der Waals surface area contributed by atoms with E-state index in [1.54, 1.807) is 26.6 Å². The average molecular weight is 273 g/mol. The second-order valence-electron chi connectivity index (χ2n) is 4.27.